The molecule has 1 aromatic heterocycles. The molecule has 1 aliphatic heterocycles. The van der Waals surface area contributed by atoms with Gasteiger partial charge in [-0.05, 0) is 69.0 Å². The van der Waals surface area contributed by atoms with E-state index in [-0.39, 0.29) is 11.8 Å². The van der Waals surface area contributed by atoms with Crippen LogP contribution in [0.5, 0.6) is 0 Å². The van der Waals surface area contributed by atoms with Crippen LogP contribution < -0.4 is 5.32 Å². The summed E-state index contributed by atoms with van der Waals surface area (Å²) < 4.78 is 2.41. The Kier molecular flexibility index (Phi) is 6.77. The Morgan fingerprint density at radius 1 is 1.00 bits per heavy atom. The number of amides is 1. The first-order valence-corrected chi connectivity index (χ1v) is 11.7. The van der Waals surface area contributed by atoms with Crippen LogP contribution in [0.15, 0.2) is 48.5 Å². The van der Waals surface area contributed by atoms with E-state index in [1.807, 2.05) is 0 Å². The van der Waals surface area contributed by atoms with Crippen molar-refractivity contribution in [3.05, 3.63) is 70.9 Å². The van der Waals surface area contributed by atoms with E-state index in [4.69, 9.17) is 0 Å². The zero-order valence-corrected chi connectivity index (χ0v) is 19.2. The third-order valence-electron chi connectivity index (χ3n) is 6.92. The van der Waals surface area contributed by atoms with Crippen LogP contribution in [-0.4, -0.2) is 28.5 Å². The van der Waals surface area contributed by atoms with E-state index in [0.29, 0.717) is 6.54 Å². The van der Waals surface area contributed by atoms with Crippen molar-refractivity contribution in [1.29, 1.82) is 0 Å². The molecule has 0 aliphatic carbocycles. The lowest BCUT2D eigenvalue weighted by molar-refractivity contribution is -0.126. The number of aryl methyl sites for hydroxylation is 2. The van der Waals surface area contributed by atoms with E-state index in [9.17, 15) is 4.79 Å². The molecule has 1 fully saturated rings. The topological polar surface area (TPSA) is 37.3 Å². The first kappa shape index (κ1) is 21.6. The molecular weight excluding hydrogens is 382 g/mol. The van der Waals surface area contributed by atoms with Gasteiger partial charge in [0.2, 0.25) is 5.91 Å². The molecule has 2 aromatic carbocycles. The van der Waals surface area contributed by atoms with Gasteiger partial charge in [0.05, 0.1) is 0 Å². The lowest BCUT2D eigenvalue weighted by atomic mass is 9.95. The number of rotatable bonds is 7. The molecule has 164 valence electrons. The highest BCUT2D eigenvalue weighted by atomic mass is 16.1. The van der Waals surface area contributed by atoms with Crippen LogP contribution in [0.25, 0.3) is 10.9 Å². The second-order valence-corrected chi connectivity index (χ2v) is 8.76. The quantitative estimate of drug-likeness (QED) is 0.583. The molecule has 0 spiro atoms. The number of likely N-dealkylation sites (tertiary alicyclic amines) is 1. The van der Waals surface area contributed by atoms with Crippen molar-refractivity contribution in [2.45, 2.75) is 59.7 Å². The SMILES string of the molecule is CCc1ccc(CNC(=O)C2CCN(Cc3c(C)n(CC)c4ccccc34)CC2)cc1. The Labute approximate surface area is 186 Å². The van der Waals surface area contributed by atoms with Gasteiger partial charge in [-0.25, -0.2) is 0 Å². The lowest BCUT2D eigenvalue weighted by Crippen LogP contribution is -2.40. The van der Waals surface area contributed by atoms with Crippen LogP contribution in [0.4, 0.5) is 0 Å². The van der Waals surface area contributed by atoms with Crippen molar-refractivity contribution in [1.82, 2.24) is 14.8 Å². The largest absolute Gasteiger partial charge is 0.352 e. The van der Waals surface area contributed by atoms with Gasteiger partial charge in [0.1, 0.15) is 0 Å². The van der Waals surface area contributed by atoms with Crippen LogP contribution in [0.3, 0.4) is 0 Å². The molecule has 1 N–H and O–H groups in total. The molecule has 4 heteroatoms. The zero-order valence-electron chi connectivity index (χ0n) is 19.2. The molecule has 1 aliphatic rings. The van der Waals surface area contributed by atoms with Crippen molar-refractivity contribution in [2.24, 2.45) is 5.92 Å². The third kappa shape index (κ3) is 4.69. The number of hydrogen-bond donors (Lipinski definition) is 1. The molecule has 0 radical (unpaired) electrons. The normalized spacial score (nSPS) is 15.5. The van der Waals surface area contributed by atoms with Crippen LogP contribution in [0.1, 0.15) is 49.1 Å². The van der Waals surface area contributed by atoms with E-state index in [1.165, 1.54) is 33.3 Å². The fourth-order valence-corrected chi connectivity index (χ4v) is 4.91. The zero-order chi connectivity index (χ0) is 21.8. The lowest BCUT2D eigenvalue weighted by Gasteiger charge is -2.31. The van der Waals surface area contributed by atoms with Crippen molar-refractivity contribution >= 4 is 16.8 Å². The predicted octanol–water partition coefficient (Wildman–Crippen LogP) is 5.06. The summed E-state index contributed by atoms with van der Waals surface area (Å²) in [5.41, 5.74) is 6.65. The van der Waals surface area contributed by atoms with Gasteiger partial charge in [-0.1, -0.05) is 49.4 Å². The van der Waals surface area contributed by atoms with E-state index in [2.05, 4.69) is 84.1 Å². The number of para-hydroxylation sites is 1. The summed E-state index contributed by atoms with van der Waals surface area (Å²) in [5, 5.41) is 4.53. The number of nitrogens with one attached hydrogen (secondary N) is 1. The second-order valence-electron chi connectivity index (χ2n) is 8.76. The molecule has 4 rings (SSSR count). The van der Waals surface area contributed by atoms with Gasteiger partial charge in [-0.3, -0.25) is 9.69 Å². The maximum absolute atomic E-state index is 12.7. The van der Waals surface area contributed by atoms with Gasteiger partial charge in [0, 0.05) is 42.1 Å². The van der Waals surface area contributed by atoms with Gasteiger partial charge in [0.25, 0.3) is 0 Å². The fourth-order valence-electron chi connectivity index (χ4n) is 4.91. The predicted molar refractivity (Wildman–Crippen MR) is 128 cm³/mol. The summed E-state index contributed by atoms with van der Waals surface area (Å²) in [6.45, 7) is 11.2. The van der Waals surface area contributed by atoms with E-state index in [0.717, 1.165) is 45.4 Å². The van der Waals surface area contributed by atoms with Gasteiger partial charge < -0.3 is 9.88 Å². The highest BCUT2D eigenvalue weighted by molar-refractivity contribution is 5.85. The summed E-state index contributed by atoms with van der Waals surface area (Å²) in [5.74, 6) is 0.335. The van der Waals surface area contributed by atoms with Crippen LogP contribution in [0.2, 0.25) is 0 Å². The number of aromatic nitrogens is 1. The Morgan fingerprint density at radius 3 is 2.35 bits per heavy atom. The monoisotopic (exact) mass is 417 g/mol. The average Bonchev–Trinajstić information content (AvgIpc) is 3.09. The Balaban J connectivity index is 1.32. The summed E-state index contributed by atoms with van der Waals surface area (Å²) in [6.07, 6.45) is 2.92. The Morgan fingerprint density at radius 2 is 1.68 bits per heavy atom. The van der Waals surface area contributed by atoms with Gasteiger partial charge in [-0.15, -0.1) is 0 Å². The molecule has 3 aromatic rings. The van der Waals surface area contributed by atoms with Crippen molar-refractivity contribution < 1.29 is 4.79 Å². The van der Waals surface area contributed by atoms with Crippen LogP contribution in [-0.2, 0) is 30.8 Å². The number of carbonyl (C=O) groups is 1. The molecule has 2 heterocycles. The van der Waals surface area contributed by atoms with Gasteiger partial charge in [0.15, 0.2) is 0 Å². The third-order valence-corrected chi connectivity index (χ3v) is 6.92. The highest BCUT2D eigenvalue weighted by Crippen LogP contribution is 2.28. The fraction of sp³-hybridized carbons (Fsp3) is 0.444. The smallest absolute Gasteiger partial charge is 0.223 e. The highest BCUT2D eigenvalue weighted by Gasteiger charge is 2.26. The molecule has 1 saturated heterocycles. The number of piperidine rings is 1. The maximum Gasteiger partial charge on any atom is 0.223 e. The molecule has 0 atom stereocenters. The Bertz CT molecular complexity index is 1030. The molecule has 1 amide bonds. The first-order valence-electron chi connectivity index (χ1n) is 11.7. The summed E-state index contributed by atoms with van der Waals surface area (Å²) in [4.78, 5) is 15.2. The van der Waals surface area contributed by atoms with E-state index >= 15 is 0 Å². The van der Waals surface area contributed by atoms with E-state index in [1.54, 1.807) is 0 Å². The standard InChI is InChI=1S/C27H35N3O/c1-4-21-10-12-22(13-11-21)18-28-27(31)23-14-16-29(17-15-23)19-25-20(3)30(5-2)26-9-7-6-8-24(25)26/h6-13,23H,4-5,14-19H2,1-3H3,(H,28,31). The second kappa shape index (κ2) is 9.69. The maximum atomic E-state index is 12.7. The number of fused-ring (bicyclic) bond motifs is 1. The molecule has 0 unspecified atom stereocenters. The summed E-state index contributed by atoms with van der Waals surface area (Å²) in [6, 6.07) is 17.3. The minimum absolute atomic E-state index is 0.129. The van der Waals surface area contributed by atoms with Crippen LogP contribution >= 0.6 is 0 Å². The van der Waals surface area contributed by atoms with Crippen molar-refractivity contribution in [3.63, 3.8) is 0 Å². The summed E-state index contributed by atoms with van der Waals surface area (Å²) in [7, 11) is 0. The Hall–Kier alpha value is -2.59. The van der Waals surface area contributed by atoms with Gasteiger partial charge in [-0.2, -0.15) is 0 Å². The average molecular weight is 418 g/mol. The molecule has 4 nitrogen and oxygen atoms in total. The van der Waals surface area contributed by atoms with Crippen molar-refractivity contribution in [2.75, 3.05) is 13.1 Å². The number of hydrogen-bond acceptors (Lipinski definition) is 2. The minimum atomic E-state index is 0.129. The first-order chi connectivity index (χ1) is 15.1. The number of nitrogens with zero attached hydrogens (tertiary/aromatic N) is 2. The van der Waals surface area contributed by atoms with Crippen molar-refractivity contribution in [3.8, 4) is 0 Å². The van der Waals surface area contributed by atoms with Gasteiger partial charge >= 0.3 is 0 Å². The molecule has 31 heavy (non-hydrogen) atoms. The molecule has 0 bridgehead atoms. The van der Waals surface area contributed by atoms with E-state index < -0.39 is 0 Å². The molecule has 0 saturated carbocycles. The number of benzene rings is 2. The summed E-state index contributed by atoms with van der Waals surface area (Å²) >= 11 is 0. The molecular formula is C27H35N3O. The minimum Gasteiger partial charge on any atom is -0.352 e. The number of carbonyl (C=O) groups excluding carboxylic acids is 1. The van der Waals surface area contributed by atoms with Crippen LogP contribution in [0, 0.1) is 12.8 Å².